The highest BCUT2D eigenvalue weighted by molar-refractivity contribution is 7.89. The molecule has 0 bridgehead atoms. The van der Waals surface area contributed by atoms with Gasteiger partial charge < -0.3 is 15.1 Å². The van der Waals surface area contributed by atoms with Crippen molar-refractivity contribution >= 4 is 44.2 Å². The van der Waals surface area contributed by atoms with Crippen LogP contribution in [0.15, 0.2) is 47.6 Å². The molecule has 2 aromatic heterocycles. The molecule has 12 heteroatoms. The molecule has 3 aliphatic rings. The first kappa shape index (κ1) is 25.9. The summed E-state index contributed by atoms with van der Waals surface area (Å²) in [6.07, 6.45) is 6.70. The molecule has 6 rings (SSSR count). The molecule has 10 nitrogen and oxygen atoms in total. The summed E-state index contributed by atoms with van der Waals surface area (Å²) in [6, 6.07) is 8.15. The van der Waals surface area contributed by atoms with E-state index in [9.17, 15) is 8.42 Å². The molecule has 4 heterocycles. The van der Waals surface area contributed by atoms with Gasteiger partial charge in [-0.3, -0.25) is 4.57 Å². The standard InChI is InChI=1S/C27H33FN8O2S/c1-3-39(37,38)33-22-5-4-6-23(31-22)36-25(18-7-8-18)24(28)21-17-29-27(32-26(21)36)30-19-9-11-20(12-10-19)35-15-13-34(2)14-16-35/h4,6,9-12,17-18,22,33H,3,5,7-8,13-16H2,1-2H3,(H,29,30,32). The van der Waals surface area contributed by atoms with Gasteiger partial charge in [0.15, 0.2) is 11.5 Å². The van der Waals surface area contributed by atoms with Gasteiger partial charge in [0, 0.05) is 56.1 Å². The molecule has 2 aliphatic heterocycles. The van der Waals surface area contributed by atoms with Gasteiger partial charge in [-0.1, -0.05) is 6.08 Å². The van der Waals surface area contributed by atoms with Crippen LogP contribution >= 0.6 is 0 Å². The Bertz CT molecular complexity index is 1540. The number of anilines is 3. The number of likely N-dealkylation sites (N-methyl/N-ethyl adjacent to an activating group) is 1. The predicted octanol–water partition coefficient (Wildman–Crippen LogP) is 3.42. The lowest BCUT2D eigenvalue weighted by Crippen LogP contribution is -2.44. The Morgan fingerprint density at radius 2 is 1.85 bits per heavy atom. The molecule has 206 valence electrons. The third kappa shape index (κ3) is 5.41. The number of aromatic nitrogens is 3. The second kappa shape index (κ2) is 10.3. The van der Waals surface area contributed by atoms with E-state index in [-0.39, 0.29) is 17.5 Å². The minimum atomic E-state index is -3.45. The van der Waals surface area contributed by atoms with E-state index in [2.05, 4.69) is 49.0 Å². The summed E-state index contributed by atoms with van der Waals surface area (Å²) < 4.78 is 44.3. The quantitative estimate of drug-likeness (QED) is 0.463. The Labute approximate surface area is 227 Å². The van der Waals surface area contributed by atoms with Crippen LogP contribution in [0.4, 0.5) is 21.7 Å². The molecule has 2 fully saturated rings. The Kier molecular flexibility index (Phi) is 6.86. The van der Waals surface area contributed by atoms with Crippen LogP contribution in [0.5, 0.6) is 0 Å². The number of dihydropyridines is 1. The van der Waals surface area contributed by atoms with Crippen molar-refractivity contribution in [3.63, 3.8) is 0 Å². The van der Waals surface area contributed by atoms with Crippen LogP contribution in [-0.4, -0.2) is 78.8 Å². The fraction of sp³-hybridized carbons (Fsp3) is 0.444. The van der Waals surface area contributed by atoms with Crippen LogP contribution in [0, 0.1) is 5.82 Å². The van der Waals surface area contributed by atoms with Crippen molar-refractivity contribution in [3.05, 3.63) is 54.1 Å². The van der Waals surface area contributed by atoms with Gasteiger partial charge >= 0.3 is 0 Å². The summed E-state index contributed by atoms with van der Waals surface area (Å²) in [6.45, 7) is 5.65. The highest BCUT2D eigenvalue weighted by Crippen LogP contribution is 2.44. The second-order valence-electron chi connectivity index (χ2n) is 10.4. The molecule has 1 atom stereocenters. The molecule has 3 aromatic rings. The minimum Gasteiger partial charge on any atom is -0.369 e. The number of allylic oxidation sites excluding steroid dienone is 1. The molecule has 1 unspecified atom stereocenters. The van der Waals surface area contributed by atoms with Crippen LogP contribution in [0.1, 0.15) is 37.8 Å². The number of benzene rings is 1. The molecule has 2 N–H and O–H groups in total. The van der Waals surface area contributed by atoms with Crippen molar-refractivity contribution in [2.75, 3.05) is 49.2 Å². The number of hydrogen-bond donors (Lipinski definition) is 2. The van der Waals surface area contributed by atoms with E-state index >= 15 is 4.39 Å². The van der Waals surface area contributed by atoms with Gasteiger partial charge in [0.2, 0.25) is 16.0 Å². The number of halogens is 1. The highest BCUT2D eigenvalue weighted by atomic mass is 32.2. The van der Waals surface area contributed by atoms with Crippen molar-refractivity contribution in [2.24, 2.45) is 4.99 Å². The fourth-order valence-electron chi connectivity index (χ4n) is 5.06. The third-order valence-electron chi connectivity index (χ3n) is 7.48. The van der Waals surface area contributed by atoms with E-state index in [0.717, 1.165) is 44.7 Å². The molecular weight excluding hydrogens is 519 g/mol. The zero-order valence-corrected chi connectivity index (χ0v) is 23.0. The summed E-state index contributed by atoms with van der Waals surface area (Å²) in [5.41, 5.74) is 2.93. The van der Waals surface area contributed by atoms with Crippen molar-refractivity contribution in [3.8, 4) is 0 Å². The summed E-state index contributed by atoms with van der Waals surface area (Å²) in [5.74, 6) is 0.497. The Morgan fingerprint density at radius 1 is 1.10 bits per heavy atom. The van der Waals surface area contributed by atoms with E-state index in [4.69, 9.17) is 4.98 Å². The molecule has 1 aromatic carbocycles. The van der Waals surface area contributed by atoms with Crippen LogP contribution in [0.2, 0.25) is 0 Å². The van der Waals surface area contributed by atoms with Gasteiger partial charge in [-0.25, -0.2) is 22.8 Å². The van der Waals surface area contributed by atoms with Gasteiger partial charge in [0.25, 0.3) is 0 Å². The topological polar surface area (TPSA) is 108 Å². The van der Waals surface area contributed by atoms with E-state index in [0.29, 0.717) is 34.9 Å². The number of rotatable bonds is 7. The van der Waals surface area contributed by atoms with Gasteiger partial charge in [-0.15, -0.1) is 0 Å². The average molecular weight is 553 g/mol. The zero-order chi connectivity index (χ0) is 27.1. The van der Waals surface area contributed by atoms with Crippen molar-refractivity contribution in [1.82, 2.24) is 24.2 Å². The van der Waals surface area contributed by atoms with Gasteiger partial charge in [0.1, 0.15) is 12.0 Å². The molecule has 1 saturated heterocycles. The van der Waals surface area contributed by atoms with Crippen molar-refractivity contribution in [2.45, 2.75) is 38.3 Å². The molecule has 0 radical (unpaired) electrons. The average Bonchev–Trinajstić information content (AvgIpc) is 3.73. The van der Waals surface area contributed by atoms with Crippen molar-refractivity contribution < 1.29 is 12.8 Å². The predicted molar refractivity (Wildman–Crippen MR) is 152 cm³/mol. The summed E-state index contributed by atoms with van der Waals surface area (Å²) in [7, 11) is -1.31. The first-order chi connectivity index (χ1) is 18.8. The molecule has 0 amide bonds. The maximum absolute atomic E-state index is 15.6. The van der Waals surface area contributed by atoms with Crippen LogP contribution in [-0.2, 0) is 10.0 Å². The SMILES string of the molecule is CCS(=O)(=O)NC1CC=CC(n2c(C3CC3)c(F)c3cnc(Nc4ccc(N5CCN(C)CC5)cc4)nc32)=N1. The van der Waals surface area contributed by atoms with E-state index in [1.165, 1.54) is 11.9 Å². The van der Waals surface area contributed by atoms with Gasteiger partial charge in [0.05, 0.1) is 16.8 Å². The second-order valence-corrected chi connectivity index (χ2v) is 12.4. The van der Waals surface area contributed by atoms with E-state index < -0.39 is 16.2 Å². The number of piperazine rings is 1. The maximum atomic E-state index is 15.6. The number of aliphatic imine (C=N–C) groups is 1. The van der Waals surface area contributed by atoms with Crippen LogP contribution in [0.3, 0.4) is 0 Å². The van der Waals surface area contributed by atoms with Gasteiger partial charge in [-0.05, 0) is 57.2 Å². The number of nitrogens with zero attached hydrogens (tertiary/aromatic N) is 6. The minimum absolute atomic E-state index is 0.0366. The van der Waals surface area contributed by atoms with Crippen LogP contribution < -0.4 is 14.9 Å². The van der Waals surface area contributed by atoms with Crippen molar-refractivity contribution in [1.29, 1.82) is 0 Å². The van der Waals surface area contributed by atoms with E-state index in [1.807, 2.05) is 18.2 Å². The summed E-state index contributed by atoms with van der Waals surface area (Å²) in [5, 5.41) is 3.57. The zero-order valence-electron chi connectivity index (χ0n) is 22.1. The lowest BCUT2D eigenvalue weighted by molar-refractivity contribution is 0.313. The summed E-state index contributed by atoms with van der Waals surface area (Å²) in [4.78, 5) is 18.4. The number of nitrogens with one attached hydrogen (secondary N) is 2. The monoisotopic (exact) mass is 552 g/mol. The lowest BCUT2D eigenvalue weighted by atomic mass is 10.2. The van der Waals surface area contributed by atoms with E-state index in [1.54, 1.807) is 17.6 Å². The Hall–Kier alpha value is -3.35. The molecule has 39 heavy (non-hydrogen) atoms. The Balaban J connectivity index is 1.31. The van der Waals surface area contributed by atoms with Crippen LogP contribution in [0.25, 0.3) is 11.0 Å². The smallest absolute Gasteiger partial charge is 0.229 e. The third-order valence-corrected chi connectivity index (χ3v) is 8.87. The lowest BCUT2D eigenvalue weighted by Gasteiger charge is -2.34. The molecular formula is C27H33FN8O2S. The first-order valence-corrected chi connectivity index (χ1v) is 15.1. The largest absolute Gasteiger partial charge is 0.369 e. The first-order valence-electron chi connectivity index (χ1n) is 13.4. The molecule has 0 spiro atoms. The number of hydrogen-bond acceptors (Lipinski definition) is 8. The highest BCUT2D eigenvalue weighted by Gasteiger charge is 2.35. The fourth-order valence-corrected chi connectivity index (χ4v) is 5.79. The summed E-state index contributed by atoms with van der Waals surface area (Å²) >= 11 is 0. The number of fused-ring (bicyclic) bond motifs is 1. The normalized spacial score (nSPS) is 20.4. The van der Waals surface area contributed by atoms with Gasteiger partial charge in [-0.2, -0.15) is 9.71 Å². The Morgan fingerprint density at radius 3 is 2.54 bits per heavy atom. The molecule has 1 aliphatic carbocycles. The maximum Gasteiger partial charge on any atom is 0.229 e. The molecule has 1 saturated carbocycles. The number of sulfonamides is 1.